The summed E-state index contributed by atoms with van der Waals surface area (Å²) in [6.45, 7) is 2.29. The molecule has 0 atom stereocenters. The van der Waals surface area contributed by atoms with Crippen molar-refractivity contribution >= 4 is 12.6 Å². The first kappa shape index (κ1) is 9.44. The summed E-state index contributed by atoms with van der Waals surface area (Å²) in [5, 5.41) is 0. The van der Waals surface area contributed by atoms with Crippen LogP contribution in [0.1, 0.15) is 45.4 Å². The average Bonchev–Trinajstić information content (AvgIpc) is 2.07. The molecule has 0 spiro atoms. The summed E-state index contributed by atoms with van der Waals surface area (Å²) < 4.78 is 0. The molecule has 1 rings (SSSR count). The number of hydrogen-bond donors (Lipinski definition) is 0. The van der Waals surface area contributed by atoms with Gasteiger partial charge in [0, 0.05) is 5.75 Å². The Kier molecular flexibility index (Phi) is 4.36. The van der Waals surface area contributed by atoms with Crippen LogP contribution >= 0.6 is 12.6 Å². The fraction of sp³-hybridized carbons (Fsp3) is 1.00. The predicted molar refractivity (Wildman–Crippen MR) is 52.8 cm³/mol. The van der Waals surface area contributed by atoms with Gasteiger partial charge in [0.25, 0.3) is 0 Å². The Balaban J connectivity index is 2.14. The van der Waals surface area contributed by atoms with Crippen LogP contribution in [0.2, 0.25) is 0 Å². The van der Waals surface area contributed by atoms with Crippen molar-refractivity contribution < 1.29 is 0 Å². The number of hydrogen-bond acceptors (Lipinski definition) is 0. The third kappa shape index (κ3) is 3.06. The highest BCUT2D eigenvalue weighted by molar-refractivity contribution is 7.80. The summed E-state index contributed by atoms with van der Waals surface area (Å²) in [6, 6.07) is 0. The summed E-state index contributed by atoms with van der Waals surface area (Å²) >= 11 is 5.08. The van der Waals surface area contributed by atoms with E-state index in [1.807, 2.05) is 0 Å². The molecule has 1 heteroatoms. The van der Waals surface area contributed by atoms with Crippen LogP contribution in [0.15, 0.2) is 0 Å². The molecule has 0 amide bonds. The lowest BCUT2D eigenvalue weighted by Gasteiger charge is -2.26. The second kappa shape index (κ2) is 5.08. The molecular formula is C10H19S. The summed E-state index contributed by atoms with van der Waals surface area (Å²) in [4.78, 5) is 0. The van der Waals surface area contributed by atoms with E-state index < -0.39 is 0 Å². The second-order valence-corrected chi connectivity index (χ2v) is 4.18. The van der Waals surface area contributed by atoms with E-state index in [9.17, 15) is 0 Å². The van der Waals surface area contributed by atoms with Crippen LogP contribution in [0.5, 0.6) is 0 Å². The van der Waals surface area contributed by atoms with Crippen LogP contribution in [0.3, 0.4) is 0 Å². The molecular weight excluding hydrogens is 152 g/mol. The highest BCUT2D eigenvalue weighted by Crippen LogP contribution is 2.31. The Morgan fingerprint density at radius 1 is 1.09 bits per heavy atom. The molecule has 0 bridgehead atoms. The lowest BCUT2D eigenvalue weighted by Crippen LogP contribution is -2.15. The Morgan fingerprint density at radius 3 is 2.09 bits per heavy atom. The van der Waals surface area contributed by atoms with Crippen molar-refractivity contribution in [2.24, 2.45) is 11.8 Å². The maximum atomic E-state index is 5.08. The van der Waals surface area contributed by atoms with Crippen molar-refractivity contribution in [1.29, 1.82) is 0 Å². The fourth-order valence-electron chi connectivity index (χ4n) is 2.10. The molecule has 1 radical (unpaired) electrons. The molecule has 0 heterocycles. The minimum absolute atomic E-state index is 0.887. The van der Waals surface area contributed by atoms with Gasteiger partial charge in [-0.05, 0) is 24.7 Å². The van der Waals surface area contributed by atoms with E-state index in [2.05, 4.69) is 6.92 Å². The SMILES string of the molecule is CCC[C@H]1CC[C@H](C[S])CC1. The zero-order valence-electron chi connectivity index (χ0n) is 7.51. The number of rotatable bonds is 3. The smallest absolute Gasteiger partial charge is 0.00653 e. The molecule has 0 aliphatic heterocycles. The quantitative estimate of drug-likeness (QED) is 0.606. The summed E-state index contributed by atoms with van der Waals surface area (Å²) in [5.74, 6) is 2.93. The molecule has 0 N–H and O–H groups in total. The third-order valence-electron chi connectivity index (χ3n) is 2.90. The van der Waals surface area contributed by atoms with Crippen LogP contribution in [-0.2, 0) is 0 Å². The predicted octanol–water partition coefficient (Wildman–Crippen LogP) is 3.79. The van der Waals surface area contributed by atoms with E-state index in [1.54, 1.807) is 0 Å². The average molecular weight is 171 g/mol. The lowest BCUT2D eigenvalue weighted by molar-refractivity contribution is 0.279. The molecule has 0 aromatic carbocycles. The Hall–Kier alpha value is 0.350. The van der Waals surface area contributed by atoms with Crippen LogP contribution in [0.4, 0.5) is 0 Å². The van der Waals surface area contributed by atoms with E-state index in [0.717, 1.165) is 17.6 Å². The first-order valence-corrected chi connectivity index (χ1v) is 5.52. The maximum absolute atomic E-state index is 5.08. The van der Waals surface area contributed by atoms with Crippen molar-refractivity contribution in [2.75, 3.05) is 5.75 Å². The van der Waals surface area contributed by atoms with Gasteiger partial charge in [-0.2, -0.15) is 0 Å². The Morgan fingerprint density at radius 2 is 1.64 bits per heavy atom. The monoisotopic (exact) mass is 171 g/mol. The van der Waals surface area contributed by atoms with Crippen LogP contribution in [-0.4, -0.2) is 5.75 Å². The van der Waals surface area contributed by atoms with E-state index in [4.69, 9.17) is 12.6 Å². The highest BCUT2D eigenvalue weighted by atomic mass is 32.1. The first-order valence-electron chi connectivity index (χ1n) is 4.95. The van der Waals surface area contributed by atoms with Crippen LogP contribution in [0, 0.1) is 11.8 Å². The van der Waals surface area contributed by atoms with Gasteiger partial charge >= 0.3 is 0 Å². The van der Waals surface area contributed by atoms with Crippen molar-refractivity contribution in [2.45, 2.75) is 45.4 Å². The molecule has 1 aliphatic carbocycles. The van der Waals surface area contributed by atoms with Crippen LogP contribution < -0.4 is 0 Å². The molecule has 0 saturated heterocycles. The third-order valence-corrected chi connectivity index (χ3v) is 3.37. The van der Waals surface area contributed by atoms with Gasteiger partial charge < -0.3 is 0 Å². The molecule has 65 valence electrons. The van der Waals surface area contributed by atoms with Crippen molar-refractivity contribution in [1.82, 2.24) is 0 Å². The van der Waals surface area contributed by atoms with Gasteiger partial charge in [0.15, 0.2) is 0 Å². The topological polar surface area (TPSA) is 0 Å². The Bertz CT molecular complexity index is 93.0. The second-order valence-electron chi connectivity index (χ2n) is 3.84. The van der Waals surface area contributed by atoms with E-state index >= 15 is 0 Å². The minimum atomic E-state index is 0.887. The molecule has 1 aliphatic rings. The largest absolute Gasteiger partial charge is 0.0939 e. The molecule has 0 nitrogen and oxygen atoms in total. The minimum Gasteiger partial charge on any atom is -0.0939 e. The van der Waals surface area contributed by atoms with Gasteiger partial charge in [-0.25, -0.2) is 0 Å². The van der Waals surface area contributed by atoms with Gasteiger partial charge in [-0.3, -0.25) is 0 Å². The molecule has 1 fully saturated rings. The molecule has 0 aromatic heterocycles. The highest BCUT2D eigenvalue weighted by Gasteiger charge is 2.19. The van der Waals surface area contributed by atoms with Gasteiger partial charge in [-0.15, -0.1) is 0 Å². The van der Waals surface area contributed by atoms with Gasteiger partial charge in [0.2, 0.25) is 0 Å². The Labute approximate surface area is 76.2 Å². The summed E-state index contributed by atoms with van der Waals surface area (Å²) in [5.41, 5.74) is 0. The zero-order chi connectivity index (χ0) is 8.10. The maximum Gasteiger partial charge on any atom is 0.00653 e. The van der Waals surface area contributed by atoms with Crippen molar-refractivity contribution in [3.63, 3.8) is 0 Å². The molecule has 11 heavy (non-hydrogen) atoms. The molecule has 0 unspecified atom stereocenters. The standard InChI is InChI=1S/C10H19S/c1-2-3-9-4-6-10(8-11)7-5-9/h9-10H,2-8H2,1H3/t9-,10-. The van der Waals surface area contributed by atoms with E-state index in [-0.39, 0.29) is 0 Å². The first-order chi connectivity index (χ1) is 5.36. The van der Waals surface area contributed by atoms with Gasteiger partial charge in [0.05, 0.1) is 0 Å². The van der Waals surface area contributed by atoms with Gasteiger partial charge in [0.1, 0.15) is 0 Å². The van der Waals surface area contributed by atoms with Crippen LogP contribution in [0.25, 0.3) is 0 Å². The lowest BCUT2D eigenvalue weighted by atomic mass is 9.81. The summed E-state index contributed by atoms with van der Waals surface area (Å²) in [7, 11) is 0. The van der Waals surface area contributed by atoms with Crippen molar-refractivity contribution in [3.05, 3.63) is 0 Å². The molecule has 1 saturated carbocycles. The van der Waals surface area contributed by atoms with Crippen molar-refractivity contribution in [3.8, 4) is 0 Å². The zero-order valence-corrected chi connectivity index (χ0v) is 8.33. The van der Waals surface area contributed by atoms with Gasteiger partial charge in [-0.1, -0.05) is 45.2 Å². The fourth-order valence-corrected chi connectivity index (χ4v) is 2.43. The molecule has 0 aromatic rings. The summed E-state index contributed by atoms with van der Waals surface area (Å²) in [6.07, 6.45) is 8.54. The van der Waals surface area contributed by atoms with E-state index in [1.165, 1.54) is 38.5 Å². The van der Waals surface area contributed by atoms with E-state index in [0.29, 0.717) is 0 Å². The normalized spacial score (nSPS) is 32.2.